The summed E-state index contributed by atoms with van der Waals surface area (Å²) in [6, 6.07) is 3.70. The van der Waals surface area contributed by atoms with Crippen LogP contribution in [0.3, 0.4) is 0 Å². The Morgan fingerprint density at radius 2 is 2.18 bits per heavy atom. The van der Waals surface area contributed by atoms with Gasteiger partial charge in [-0.25, -0.2) is 9.78 Å². The normalized spacial score (nSPS) is 11.4. The van der Waals surface area contributed by atoms with Gasteiger partial charge in [-0.05, 0) is 19.1 Å². The molecule has 0 radical (unpaired) electrons. The zero-order valence-electron chi connectivity index (χ0n) is 9.47. The van der Waals surface area contributed by atoms with Gasteiger partial charge in [-0.2, -0.15) is 0 Å². The number of amides is 1. The number of hydrogen-bond donors (Lipinski definition) is 1. The Bertz CT molecular complexity index is 445. The van der Waals surface area contributed by atoms with E-state index in [9.17, 15) is 14.4 Å². The van der Waals surface area contributed by atoms with Gasteiger partial charge in [0, 0.05) is 0 Å². The number of methoxy groups -OCH3 is 1. The molecule has 0 aliphatic rings. The molecule has 17 heavy (non-hydrogen) atoms. The first kappa shape index (κ1) is 12.8. The number of esters is 1. The molecule has 1 N–H and O–H groups in total. The molecule has 0 saturated heterocycles. The quantitative estimate of drug-likeness (QED) is 0.595. The van der Waals surface area contributed by atoms with Crippen LogP contribution in [-0.2, 0) is 9.53 Å². The molecule has 0 aliphatic carbocycles. The fraction of sp³-hybridized carbons (Fsp3) is 0.273. The predicted octanol–water partition coefficient (Wildman–Crippen LogP) is 0.185. The first-order chi connectivity index (χ1) is 8.08. The Morgan fingerprint density at radius 3 is 2.76 bits per heavy atom. The van der Waals surface area contributed by atoms with Gasteiger partial charge in [-0.3, -0.25) is 9.59 Å². The molecule has 6 nitrogen and oxygen atoms in total. The van der Waals surface area contributed by atoms with Crippen molar-refractivity contribution < 1.29 is 19.1 Å². The summed E-state index contributed by atoms with van der Waals surface area (Å²) in [5.41, 5.74) is 0.230. The molecule has 90 valence electrons. The van der Waals surface area contributed by atoms with Crippen molar-refractivity contribution in [2.75, 3.05) is 7.11 Å². The van der Waals surface area contributed by atoms with Crippen LogP contribution in [0.4, 0.5) is 0 Å². The molecule has 6 heteroatoms. The van der Waals surface area contributed by atoms with E-state index in [1.807, 2.05) is 0 Å². The third-order valence-corrected chi connectivity index (χ3v) is 2.03. The number of rotatable bonds is 4. The minimum Gasteiger partial charge on any atom is -0.467 e. The number of nitrogens with zero attached hydrogens (tertiary/aromatic N) is 1. The van der Waals surface area contributed by atoms with Crippen molar-refractivity contribution in [2.24, 2.45) is 0 Å². The summed E-state index contributed by atoms with van der Waals surface area (Å²) in [5.74, 6) is -1.09. The van der Waals surface area contributed by atoms with Gasteiger partial charge in [0.25, 0.3) is 5.91 Å². The molecular formula is C11H12N2O4. The second-order valence-electron chi connectivity index (χ2n) is 3.28. The van der Waals surface area contributed by atoms with Gasteiger partial charge in [-0.15, -0.1) is 0 Å². The summed E-state index contributed by atoms with van der Waals surface area (Å²) in [7, 11) is 1.23. The van der Waals surface area contributed by atoms with E-state index < -0.39 is 17.9 Å². The van der Waals surface area contributed by atoms with Gasteiger partial charge in [0.05, 0.1) is 7.11 Å². The second kappa shape index (κ2) is 5.74. The second-order valence-corrected chi connectivity index (χ2v) is 3.28. The number of nitrogens with one attached hydrogen (secondary N) is 1. The molecule has 1 rings (SSSR count). The SMILES string of the molecule is COC(=O)C(C)NC(=O)c1cccc(C=O)n1. The smallest absolute Gasteiger partial charge is 0.328 e. The summed E-state index contributed by atoms with van der Waals surface area (Å²) < 4.78 is 4.46. The average Bonchev–Trinajstić information content (AvgIpc) is 2.37. The summed E-state index contributed by atoms with van der Waals surface area (Å²) in [6.07, 6.45) is 0.542. The number of aldehydes is 1. The highest BCUT2D eigenvalue weighted by molar-refractivity contribution is 5.95. The zero-order valence-corrected chi connectivity index (χ0v) is 9.47. The topological polar surface area (TPSA) is 85.4 Å². The van der Waals surface area contributed by atoms with Crippen LogP contribution in [0.5, 0.6) is 0 Å². The molecule has 1 aromatic rings. The van der Waals surface area contributed by atoms with E-state index >= 15 is 0 Å². The van der Waals surface area contributed by atoms with Crippen LogP contribution in [-0.4, -0.2) is 36.3 Å². The standard InChI is InChI=1S/C11H12N2O4/c1-7(11(16)17-2)12-10(15)9-5-3-4-8(6-14)13-9/h3-7H,1-2H3,(H,12,15). The Hall–Kier alpha value is -2.24. The lowest BCUT2D eigenvalue weighted by Gasteiger charge is -2.10. The predicted molar refractivity (Wildman–Crippen MR) is 58.6 cm³/mol. The third kappa shape index (κ3) is 3.37. The van der Waals surface area contributed by atoms with E-state index in [4.69, 9.17) is 0 Å². The van der Waals surface area contributed by atoms with Gasteiger partial charge in [0.1, 0.15) is 17.4 Å². The van der Waals surface area contributed by atoms with Crippen LogP contribution >= 0.6 is 0 Å². The van der Waals surface area contributed by atoms with Crippen LogP contribution in [0, 0.1) is 0 Å². The number of carbonyl (C=O) groups is 3. The van der Waals surface area contributed by atoms with Crippen LogP contribution in [0.25, 0.3) is 0 Å². The fourth-order valence-corrected chi connectivity index (χ4v) is 1.15. The van der Waals surface area contributed by atoms with Crippen molar-refractivity contribution in [3.8, 4) is 0 Å². The molecule has 0 aromatic carbocycles. The minimum absolute atomic E-state index is 0.0744. The van der Waals surface area contributed by atoms with Gasteiger partial charge < -0.3 is 10.1 Å². The van der Waals surface area contributed by atoms with Gasteiger partial charge >= 0.3 is 5.97 Å². The molecule has 1 aromatic heterocycles. The molecule has 0 fully saturated rings. The maximum Gasteiger partial charge on any atom is 0.328 e. The van der Waals surface area contributed by atoms with Crippen LogP contribution in [0.2, 0.25) is 0 Å². The van der Waals surface area contributed by atoms with Crippen molar-refractivity contribution in [3.63, 3.8) is 0 Å². The van der Waals surface area contributed by atoms with Crippen molar-refractivity contribution in [1.29, 1.82) is 0 Å². The first-order valence-corrected chi connectivity index (χ1v) is 4.89. The van der Waals surface area contributed by atoms with E-state index in [1.165, 1.54) is 32.2 Å². The molecule has 0 spiro atoms. The Morgan fingerprint density at radius 1 is 1.47 bits per heavy atom. The van der Waals surface area contributed by atoms with Crippen LogP contribution in [0.15, 0.2) is 18.2 Å². The third-order valence-electron chi connectivity index (χ3n) is 2.03. The monoisotopic (exact) mass is 236 g/mol. The van der Waals surface area contributed by atoms with E-state index in [1.54, 1.807) is 0 Å². The number of ether oxygens (including phenoxy) is 1. The zero-order chi connectivity index (χ0) is 12.8. The van der Waals surface area contributed by atoms with E-state index in [-0.39, 0.29) is 11.4 Å². The first-order valence-electron chi connectivity index (χ1n) is 4.89. The Labute approximate surface area is 98.0 Å². The average molecular weight is 236 g/mol. The number of pyridine rings is 1. The van der Waals surface area contributed by atoms with Crippen LogP contribution in [0.1, 0.15) is 27.9 Å². The largest absolute Gasteiger partial charge is 0.467 e. The van der Waals surface area contributed by atoms with Gasteiger partial charge in [0.2, 0.25) is 0 Å². The number of aromatic nitrogens is 1. The highest BCUT2D eigenvalue weighted by Crippen LogP contribution is 1.98. The highest BCUT2D eigenvalue weighted by atomic mass is 16.5. The Balaban J connectivity index is 2.76. The lowest BCUT2D eigenvalue weighted by atomic mass is 10.2. The molecule has 1 amide bonds. The van der Waals surface area contributed by atoms with Crippen molar-refractivity contribution in [2.45, 2.75) is 13.0 Å². The van der Waals surface area contributed by atoms with Crippen molar-refractivity contribution in [3.05, 3.63) is 29.6 Å². The summed E-state index contributed by atoms with van der Waals surface area (Å²) in [4.78, 5) is 37.0. The van der Waals surface area contributed by atoms with E-state index in [0.29, 0.717) is 6.29 Å². The van der Waals surface area contributed by atoms with E-state index in [2.05, 4.69) is 15.0 Å². The molecule has 0 bridgehead atoms. The minimum atomic E-state index is -0.769. The van der Waals surface area contributed by atoms with Gasteiger partial charge in [0.15, 0.2) is 6.29 Å². The lowest BCUT2D eigenvalue weighted by Crippen LogP contribution is -2.39. The maximum absolute atomic E-state index is 11.6. The number of carbonyl (C=O) groups excluding carboxylic acids is 3. The van der Waals surface area contributed by atoms with E-state index in [0.717, 1.165) is 0 Å². The molecule has 1 unspecified atom stereocenters. The summed E-state index contributed by atoms with van der Waals surface area (Å²) >= 11 is 0. The molecule has 0 aliphatic heterocycles. The van der Waals surface area contributed by atoms with Gasteiger partial charge in [-0.1, -0.05) is 6.07 Å². The number of hydrogen-bond acceptors (Lipinski definition) is 5. The van der Waals surface area contributed by atoms with Crippen molar-refractivity contribution >= 4 is 18.2 Å². The lowest BCUT2D eigenvalue weighted by molar-refractivity contribution is -0.142. The molecular weight excluding hydrogens is 224 g/mol. The van der Waals surface area contributed by atoms with Crippen LogP contribution < -0.4 is 5.32 Å². The highest BCUT2D eigenvalue weighted by Gasteiger charge is 2.17. The molecule has 1 atom stereocenters. The molecule has 1 heterocycles. The van der Waals surface area contributed by atoms with Crippen molar-refractivity contribution in [1.82, 2.24) is 10.3 Å². The summed E-state index contributed by atoms with van der Waals surface area (Å²) in [6.45, 7) is 1.49. The fourth-order valence-electron chi connectivity index (χ4n) is 1.15. The maximum atomic E-state index is 11.6. The Kier molecular flexibility index (Phi) is 4.33. The summed E-state index contributed by atoms with van der Waals surface area (Å²) in [5, 5.41) is 2.41. The molecule has 0 saturated carbocycles.